The van der Waals surface area contributed by atoms with Crippen molar-refractivity contribution in [3.63, 3.8) is 0 Å². The van der Waals surface area contributed by atoms with E-state index in [2.05, 4.69) is 45.9 Å². The van der Waals surface area contributed by atoms with Crippen LogP contribution in [0.5, 0.6) is 0 Å². The molecule has 4 atom stereocenters. The van der Waals surface area contributed by atoms with Crippen LogP contribution in [-0.4, -0.2) is 54.2 Å². The number of hydrogen-bond acceptors (Lipinski definition) is 4. The highest BCUT2D eigenvalue weighted by molar-refractivity contribution is 5.85. The van der Waals surface area contributed by atoms with Crippen molar-refractivity contribution in [3.8, 4) is 0 Å². The zero-order valence-electron chi connectivity index (χ0n) is 15.8. The summed E-state index contributed by atoms with van der Waals surface area (Å²) in [7, 11) is 0. The molecule has 0 aromatic heterocycles. The fourth-order valence-electron chi connectivity index (χ4n) is 4.76. The van der Waals surface area contributed by atoms with Gasteiger partial charge in [-0.25, -0.2) is 0 Å². The van der Waals surface area contributed by atoms with Crippen molar-refractivity contribution in [2.24, 2.45) is 0 Å². The third-order valence-electron chi connectivity index (χ3n) is 6.04. The van der Waals surface area contributed by atoms with Gasteiger partial charge >= 0.3 is 0 Å². The number of fused-ring (bicyclic) bond motifs is 2. The van der Waals surface area contributed by atoms with Gasteiger partial charge in [-0.05, 0) is 38.2 Å². The second kappa shape index (κ2) is 10.1. The minimum absolute atomic E-state index is 0. The van der Waals surface area contributed by atoms with Crippen molar-refractivity contribution in [2.75, 3.05) is 13.2 Å². The van der Waals surface area contributed by atoms with E-state index in [4.69, 9.17) is 4.74 Å². The maximum atomic E-state index is 12.6. The average Bonchev–Trinajstić information content (AvgIpc) is 2.85. The van der Waals surface area contributed by atoms with Gasteiger partial charge in [-0.1, -0.05) is 30.3 Å². The van der Waals surface area contributed by atoms with E-state index in [1.54, 1.807) is 0 Å². The summed E-state index contributed by atoms with van der Waals surface area (Å²) in [6.07, 6.45) is 4.59. The Kier molecular flexibility index (Phi) is 8.38. The van der Waals surface area contributed by atoms with Crippen molar-refractivity contribution in [1.29, 1.82) is 0 Å². The Bertz CT molecular complexity index is 590. The summed E-state index contributed by atoms with van der Waals surface area (Å²) >= 11 is 0. The van der Waals surface area contributed by atoms with Crippen molar-refractivity contribution in [3.05, 3.63) is 35.9 Å². The lowest BCUT2D eigenvalue weighted by Crippen LogP contribution is -2.58. The molecule has 27 heavy (non-hydrogen) atoms. The zero-order valence-corrected chi connectivity index (χ0v) is 17.4. The van der Waals surface area contributed by atoms with Crippen molar-refractivity contribution >= 4 is 30.7 Å². The molecule has 0 radical (unpaired) electrons. The Labute approximate surface area is 174 Å². The van der Waals surface area contributed by atoms with Crippen molar-refractivity contribution < 1.29 is 9.53 Å². The summed E-state index contributed by atoms with van der Waals surface area (Å²) in [4.78, 5) is 15.3. The van der Waals surface area contributed by atoms with Gasteiger partial charge in [-0.15, -0.1) is 24.8 Å². The number of nitrogens with one attached hydrogen (secondary N) is 2. The van der Waals surface area contributed by atoms with Gasteiger partial charge in [0.15, 0.2) is 0 Å². The van der Waals surface area contributed by atoms with Crippen LogP contribution in [0.2, 0.25) is 0 Å². The molecule has 1 aromatic carbocycles. The first-order chi connectivity index (χ1) is 12.2. The van der Waals surface area contributed by atoms with Gasteiger partial charge in [0.25, 0.3) is 0 Å². The molecular formula is C20H31Cl2N3O2. The molecule has 2 bridgehead atoms. The molecule has 1 aromatic rings. The molecule has 4 rings (SSSR count). The van der Waals surface area contributed by atoms with E-state index in [0.717, 1.165) is 25.9 Å². The Morgan fingerprint density at radius 1 is 1.19 bits per heavy atom. The summed E-state index contributed by atoms with van der Waals surface area (Å²) in [5.74, 6) is 0.105. The van der Waals surface area contributed by atoms with Gasteiger partial charge in [0, 0.05) is 31.2 Å². The normalized spacial score (nSPS) is 32.9. The number of nitrogens with zero attached hydrogens (tertiary/aromatic N) is 1. The van der Waals surface area contributed by atoms with E-state index < -0.39 is 0 Å². The van der Waals surface area contributed by atoms with E-state index in [0.29, 0.717) is 24.7 Å². The topological polar surface area (TPSA) is 53.6 Å². The lowest BCUT2D eigenvalue weighted by molar-refractivity contribution is -0.130. The van der Waals surface area contributed by atoms with Gasteiger partial charge in [0.1, 0.15) is 6.04 Å². The number of rotatable bonds is 4. The molecule has 2 unspecified atom stereocenters. The van der Waals surface area contributed by atoms with Crippen molar-refractivity contribution in [2.45, 2.75) is 69.4 Å². The lowest BCUT2D eigenvalue weighted by atomic mass is 9.96. The SMILES string of the molecule is C[C@H]1OCCN[C@@H]1C(=O)NC1CC2CCC(C1)N2Cc1ccccc1.Cl.Cl. The molecule has 0 aliphatic carbocycles. The van der Waals surface area contributed by atoms with Crippen LogP contribution in [-0.2, 0) is 16.1 Å². The molecule has 5 nitrogen and oxygen atoms in total. The molecule has 152 valence electrons. The second-order valence-electron chi connectivity index (χ2n) is 7.73. The molecule has 0 saturated carbocycles. The molecule has 7 heteroatoms. The van der Waals surface area contributed by atoms with E-state index in [-0.39, 0.29) is 42.9 Å². The first-order valence-corrected chi connectivity index (χ1v) is 9.66. The number of carbonyl (C=O) groups is 1. The second-order valence-corrected chi connectivity index (χ2v) is 7.73. The third kappa shape index (κ3) is 5.15. The molecule has 2 N–H and O–H groups in total. The zero-order chi connectivity index (χ0) is 17.2. The van der Waals surface area contributed by atoms with Crippen LogP contribution in [0.3, 0.4) is 0 Å². The van der Waals surface area contributed by atoms with Crippen LogP contribution < -0.4 is 10.6 Å². The molecular weight excluding hydrogens is 385 g/mol. The van der Waals surface area contributed by atoms with E-state index in [1.165, 1.54) is 18.4 Å². The van der Waals surface area contributed by atoms with Crippen LogP contribution in [0, 0.1) is 0 Å². The number of ether oxygens (including phenoxy) is 1. The van der Waals surface area contributed by atoms with E-state index in [9.17, 15) is 4.79 Å². The van der Waals surface area contributed by atoms with Gasteiger partial charge in [-0.2, -0.15) is 0 Å². The molecule has 3 saturated heterocycles. The highest BCUT2D eigenvalue weighted by Gasteiger charge is 2.41. The first-order valence-electron chi connectivity index (χ1n) is 9.66. The number of amides is 1. The number of hydrogen-bond donors (Lipinski definition) is 2. The fraction of sp³-hybridized carbons (Fsp3) is 0.650. The third-order valence-corrected chi connectivity index (χ3v) is 6.04. The van der Waals surface area contributed by atoms with Gasteiger partial charge in [0.2, 0.25) is 5.91 Å². The maximum absolute atomic E-state index is 12.6. The Morgan fingerprint density at radius 3 is 2.48 bits per heavy atom. The predicted octanol–water partition coefficient (Wildman–Crippen LogP) is 2.52. The van der Waals surface area contributed by atoms with Crippen LogP contribution in [0.4, 0.5) is 0 Å². The van der Waals surface area contributed by atoms with Gasteiger partial charge < -0.3 is 15.4 Å². The first kappa shape index (κ1) is 22.4. The standard InChI is InChI=1S/C20H29N3O2.2ClH/c1-14-19(21-9-10-25-14)20(24)22-16-11-17-7-8-18(12-16)23(17)13-15-5-3-2-4-6-15;;/h2-6,14,16-19,21H,7-13H2,1H3,(H,22,24);2*1H/t14-,16?,17?,18?,19+;;/m1../s1. The minimum Gasteiger partial charge on any atom is -0.375 e. The van der Waals surface area contributed by atoms with Crippen LogP contribution >= 0.6 is 24.8 Å². The largest absolute Gasteiger partial charge is 0.375 e. The number of carbonyl (C=O) groups excluding carboxylic acids is 1. The monoisotopic (exact) mass is 415 g/mol. The molecule has 0 spiro atoms. The van der Waals surface area contributed by atoms with Crippen LogP contribution in [0.25, 0.3) is 0 Å². The predicted molar refractivity (Wildman–Crippen MR) is 112 cm³/mol. The highest BCUT2D eigenvalue weighted by atomic mass is 35.5. The average molecular weight is 416 g/mol. The van der Waals surface area contributed by atoms with Crippen LogP contribution in [0.1, 0.15) is 38.2 Å². The lowest BCUT2D eigenvalue weighted by Gasteiger charge is -2.40. The summed E-state index contributed by atoms with van der Waals surface area (Å²) in [6, 6.07) is 12.0. The van der Waals surface area contributed by atoms with Crippen molar-refractivity contribution in [1.82, 2.24) is 15.5 Å². The summed E-state index contributed by atoms with van der Waals surface area (Å²) in [5.41, 5.74) is 1.39. The number of halogens is 2. The summed E-state index contributed by atoms with van der Waals surface area (Å²) in [5, 5.41) is 6.59. The minimum atomic E-state index is -0.214. The van der Waals surface area contributed by atoms with Gasteiger partial charge in [-0.3, -0.25) is 9.69 Å². The number of piperidine rings is 1. The molecule has 3 fully saturated rings. The summed E-state index contributed by atoms with van der Waals surface area (Å²) < 4.78 is 5.61. The molecule has 3 heterocycles. The smallest absolute Gasteiger partial charge is 0.240 e. The van der Waals surface area contributed by atoms with Gasteiger partial charge in [0.05, 0.1) is 12.7 Å². The molecule has 3 aliphatic rings. The maximum Gasteiger partial charge on any atom is 0.240 e. The number of morpholine rings is 1. The molecule has 3 aliphatic heterocycles. The Balaban J connectivity index is 0.00000131. The highest BCUT2D eigenvalue weighted by Crippen LogP contribution is 2.36. The Hall–Kier alpha value is -0.850. The Morgan fingerprint density at radius 2 is 1.85 bits per heavy atom. The summed E-state index contributed by atoms with van der Waals surface area (Å²) in [6.45, 7) is 4.45. The number of benzene rings is 1. The van der Waals surface area contributed by atoms with E-state index in [1.807, 2.05) is 6.92 Å². The van der Waals surface area contributed by atoms with E-state index >= 15 is 0 Å². The van der Waals surface area contributed by atoms with Crippen LogP contribution in [0.15, 0.2) is 30.3 Å². The molecule has 1 amide bonds. The fourth-order valence-corrected chi connectivity index (χ4v) is 4.76. The quantitative estimate of drug-likeness (QED) is 0.792.